The molecule has 4 rings (SSSR count). The predicted octanol–water partition coefficient (Wildman–Crippen LogP) is 4.40. The summed E-state index contributed by atoms with van der Waals surface area (Å²) >= 11 is 0. The van der Waals surface area contributed by atoms with Crippen molar-refractivity contribution in [1.82, 2.24) is 14.5 Å². The molecular formula is C34H46N4O8. The van der Waals surface area contributed by atoms with Gasteiger partial charge in [0.1, 0.15) is 29.3 Å². The number of benzene rings is 1. The summed E-state index contributed by atoms with van der Waals surface area (Å²) in [6, 6.07) is 5.37. The van der Waals surface area contributed by atoms with E-state index in [0.717, 1.165) is 16.7 Å². The minimum absolute atomic E-state index is 0.0196. The first-order valence-corrected chi connectivity index (χ1v) is 15.8. The summed E-state index contributed by atoms with van der Waals surface area (Å²) < 4.78 is 13.2. The van der Waals surface area contributed by atoms with Crippen molar-refractivity contribution in [1.29, 1.82) is 0 Å². The number of aliphatic carboxylic acids is 1. The van der Waals surface area contributed by atoms with Crippen molar-refractivity contribution >= 4 is 34.6 Å². The number of aryl methyl sites for hydroxylation is 2. The average molecular weight is 639 g/mol. The first kappa shape index (κ1) is 35.0. The number of carbonyl (C=O) groups is 3. The summed E-state index contributed by atoms with van der Waals surface area (Å²) in [5.74, 6) is -2.18. The van der Waals surface area contributed by atoms with Gasteiger partial charge in [-0.1, -0.05) is 33.3 Å². The summed E-state index contributed by atoms with van der Waals surface area (Å²) in [6.07, 6.45) is 0.810. The molecule has 1 fully saturated rings. The first-order chi connectivity index (χ1) is 21.6. The van der Waals surface area contributed by atoms with Gasteiger partial charge in [-0.2, -0.15) is 0 Å². The lowest BCUT2D eigenvalue weighted by Gasteiger charge is -2.29. The molecule has 0 aliphatic carbocycles. The molecule has 1 aliphatic rings. The monoisotopic (exact) mass is 638 g/mol. The molecule has 1 aliphatic heterocycles. The number of nitrogen functional groups attached to an aromatic ring is 1. The summed E-state index contributed by atoms with van der Waals surface area (Å²) in [4.78, 5) is 45.9. The van der Waals surface area contributed by atoms with Gasteiger partial charge < -0.3 is 30.5 Å². The Hall–Kier alpha value is -3.87. The number of carbonyl (C=O) groups excluding carboxylic acids is 2. The molecule has 1 unspecified atom stereocenters. The zero-order valence-electron chi connectivity index (χ0n) is 27.4. The van der Waals surface area contributed by atoms with Crippen molar-refractivity contribution in [3.8, 4) is 5.75 Å². The molecule has 3 aromatic rings. The lowest BCUT2D eigenvalue weighted by molar-refractivity contribution is -0.144. The van der Waals surface area contributed by atoms with E-state index in [-0.39, 0.29) is 31.0 Å². The highest BCUT2D eigenvalue weighted by atomic mass is 16.6. The summed E-state index contributed by atoms with van der Waals surface area (Å²) in [5, 5.41) is 31.7. The second-order valence-corrected chi connectivity index (χ2v) is 13.2. The fourth-order valence-electron chi connectivity index (χ4n) is 6.82. The van der Waals surface area contributed by atoms with E-state index < -0.39 is 47.8 Å². The molecule has 0 saturated carbocycles. The molecule has 5 N–H and O–H groups in total. The molecule has 6 atom stereocenters. The standard InChI is InChI=1S/C34H46N4O8/c1-7-21(14-26-29(41)30(42)32(46-26)38-17-37-28-24(35)10-11-36-31(28)38)8-9-22(33(43)44)15-23(40)16-34(5,6)27-19(3)12-18(2)13-25(27)45-20(4)39/h10-13,17,21-22,26,29-30,32,41-42H,7-9,14-16H2,1-6H3,(H2,35,36)(H,43,44)/t21-,22+,26+,29?,30-,32+/m0/s1. The Morgan fingerprint density at radius 2 is 1.85 bits per heavy atom. The second kappa shape index (κ2) is 14.3. The fourth-order valence-corrected chi connectivity index (χ4v) is 6.82. The van der Waals surface area contributed by atoms with Crippen LogP contribution in [0.15, 0.2) is 30.7 Å². The largest absolute Gasteiger partial charge is 0.481 e. The van der Waals surface area contributed by atoms with Crippen LogP contribution in [-0.2, 0) is 24.5 Å². The van der Waals surface area contributed by atoms with Gasteiger partial charge in [0.25, 0.3) is 0 Å². The minimum Gasteiger partial charge on any atom is -0.481 e. The number of fused-ring (bicyclic) bond motifs is 1. The number of Topliss-reactive ketones (excluding diaryl/α,β-unsaturated/α-hetero) is 1. The minimum atomic E-state index is -1.23. The van der Waals surface area contributed by atoms with E-state index in [0.29, 0.717) is 41.9 Å². The average Bonchev–Trinajstić information content (AvgIpc) is 3.50. The van der Waals surface area contributed by atoms with Gasteiger partial charge in [0, 0.05) is 36.9 Å². The Bertz CT molecular complexity index is 1580. The number of rotatable bonds is 14. The number of pyridine rings is 1. The Morgan fingerprint density at radius 1 is 1.13 bits per heavy atom. The van der Waals surface area contributed by atoms with E-state index in [9.17, 15) is 29.7 Å². The first-order valence-electron chi connectivity index (χ1n) is 15.8. The summed E-state index contributed by atoms with van der Waals surface area (Å²) in [7, 11) is 0. The molecule has 0 bridgehead atoms. The van der Waals surface area contributed by atoms with Crippen molar-refractivity contribution in [2.24, 2.45) is 11.8 Å². The van der Waals surface area contributed by atoms with Gasteiger partial charge in [0.05, 0.1) is 24.0 Å². The number of nitrogens with zero attached hydrogens (tertiary/aromatic N) is 3. The zero-order valence-corrected chi connectivity index (χ0v) is 27.4. The van der Waals surface area contributed by atoms with E-state index in [1.54, 1.807) is 16.7 Å². The normalized spacial score (nSPS) is 21.3. The summed E-state index contributed by atoms with van der Waals surface area (Å²) in [5.41, 5.74) is 9.19. The number of esters is 1. The highest BCUT2D eigenvalue weighted by Gasteiger charge is 2.45. The molecule has 0 spiro atoms. The van der Waals surface area contributed by atoms with Gasteiger partial charge in [-0.05, 0) is 62.3 Å². The van der Waals surface area contributed by atoms with Crippen molar-refractivity contribution in [2.75, 3.05) is 5.73 Å². The number of aliphatic hydroxyl groups excluding tert-OH is 2. The van der Waals surface area contributed by atoms with Gasteiger partial charge in [-0.25, -0.2) is 9.97 Å². The van der Waals surface area contributed by atoms with Crippen molar-refractivity contribution in [3.63, 3.8) is 0 Å². The van der Waals surface area contributed by atoms with Crippen LogP contribution in [0.2, 0.25) is 0 Å². The maximum atomic E-state index is 13.3. The number of hydrogen-bond donors (Lipinski definition) is 4. The maximum absolute atomic E-state index is 13.3. The number of aliphatic hydroxyl groups is 2. The lowest BCUT2D eigenvalue weighted by atomic mass is 9.75. The van der Waals surface area contributed by atoms with E-state index in [1.807, 2.05) is 40.7 Å². The predicted molar refractivity (Wildman–Crippen MR) is 171 cm³/mol. The van der Waals surface area contributed by atoms with Crippen LogP contribution in [-0.4, -0.2) is 65.9 Å². The molecule has 250 valence electrons. The molecule has 0 radical (unpaired) electrons. The van der Waals surface area contributed by atoms with Crippen LogP contribution >= 0.6 is 0 Å². The Morgan fingerprint density at radius 3 is 2.50 bits per heavy atom. The topological polar surface area (TPSA) is 187 Å². The van der Waals surface area contributed by atoms with Crippen LogP contribution in [0, 0.1) is 25.7 Å². The van der Waals surface area contributed by atoms with E-state index in [1.165, 1.54) is 19.4 Å². The SMILES string of the molecule is CC[C@@H](CC[C@H](CC(=O)CC(C)(C)c1c(C)cc(C)cc1OC(C)=O)C(=O)O)C[C@H]1O[C@@H](n2cnc3c(N)ccnc32)[C@@H](O)C1O. The Kier molecular flexibility index (Phi) is 10.9. The van der Waals surface area contributed by atoms with Gasteiger partial charge in [0.2, 0.25) is 0 Å². The van der Waals surface area contributed by atoms with Gasteiger partial charge in [-0.3, -0.25) is 19.0 Å². The van der Waals surface area contributed by atoms with Crippen LogP contribution in [0.1, 0.15) is 89.1 Å². The van der Waals surface area contributed by atoms with Gasteiger partial charge >= 0.3 is 11.9 Å². The van der Waals surface area contributed by atoms with Crippen LogP contribution in [0.4, 0.5) is 5.69 Å². The number of carboxylic acids is 1. The molecule has 12 heteroatoms. The molecule has 1 aromatic carbocycles. The highest BCUT2D eigenvalue weighted by molar-refractivity contribution is 5.85. The van der Waals surface area contributed by atoms with E-state index in [2.05, 4.69) is 9.97 Å². The second-order valence-electron chi connectivity index (χ2n) is 13.2. The number of carboxylic acid groups (broad SMARTS) is 1. The zero-order chi connectivity index (χ0) is 33.9. The third-order valence-corrected chi connectivity index (χ3v) is 9.01. The van der Waals surface area contributed by atoms with Gasteiger partial charge in [0.15, 0.2) is 11.9 Å². The molecule has 2 aromatic heterocycles. The molecule has 1 saturated heterocycles. The third-order valence-electron chi connectivity index (χ3n) is 9.01. The van der Waals surface area contributed by atoms with Crippen LogP contribution in [0.5, 0.6) is 5.75 Å². The van der Waals surface area contributed by atoms with Crippen LogP contribution in [0.25, 0.3) is 11.2 Å². The number of aromatic nitrogens is 3. The molecular weight excluding hydrogens is 592 g/mol. The molecule has 46 heavy (non-hydrogen) atoms. The van der Waals surface area contributed by atoms with Crippen molar-refractivity contribution in [2.45, 2.75) is 110 Å². The fraction of sp³-hybridized carbons (Fsp3) is 0.559. The van der Waals surface area contributed by atoms with Crippen molar-refractivity contribution in [3.05, 3.63) is 47.4 Å². The van der Waals surface area contributed by atoms with E-state index >= 15 is 0 Å². The Balaban J connectivity index is 1.39. The Labute approximate surface area is 268 Å². The molecule has 3 heterocycles. The number of ketones is 1. The molecule has 0 amide bonds. The van der Waals surface area contributed by atoms with Crippen LogP contribution < -0.4 is 10.5 Å². The third kappa shape index (κ3) is 7.73. The lowest BCUT2D eigenvalue weighted by Crippen LogP contribution is -2.32. The number of anilines is 1. The quantitative estimate of drug-likeness (QED) is 0.145. The molecule has 12 nitrogen and oxygen atoms in total. The smallest absolute Gasteiger partial charge is 0.308 e. The maximum Gasteiger partial charge on any atom is 0.308 e. The highest BCUT2D eigenvalue weighted by Crippen LogP contribution is 2.40. The van der Waals surface area contributed by atoms with Crippen LogP contribution in [0.3, 0.4) is 0 Å². The number of imidazole rings is 1. The van der Waals surface area contributed by atoms with Gasteiger partial charge in [-0.15, -0.1) is 0 Å². The number of hydrogen-bond acceptors (Lipinski definition) is 10. The number of nitrogens with two attached hydrogens (primary N) is 1. The van der Waals surface area contributed by atoms with E-state index in [4.69, 9.17) is 15.2 Å². The summed E-state index contributed by atoms with van der Waals surface area (Å²) in [6.45, 7) is 10.9. The number of ether oxygens (including phenoxy) is 2. The van der Waals surface area contributed by atoms with Crippen molar-refractivity contribution < 1.29 is 39.2 Å².